The van der Waals surface area contributed by atoms with Crippen LogP contribution in [0.4, 0.5) is 0 Å². The van der Waals surface area contributed by atoms with E-state index in [-0.39, 0.29) is 4.90 Å². The quantitative estimate of drug-likeness (QED) is 0.807. The average Bonchev–Trinajstić information content (AvgIpc) is 2.29. The molecule has 0 aromatic heterocycles. The van der Waals surface area contributed by atoms with Gasteiger partial charge in [-0.05, 0) is 23.3 Å². The summed E-state index contributed by atoms with van der Waals surface area (Å²) < 4.78 is 30.8. The molecule has 0 saturated heterocycles. The Kier molecular flexibility index (Phi) is 2.77. The van der Waals surface area contributed by atoms with Gasteiger partial charge in [-0.15, -0.1) is 0 Å². The second-order valence-electron chi connectivity index (χ2n) is 3.21. The molecule has 0 aliphatic carbocycles. The van der Waals surface area contributed by atoms with Crippen molar-refractivity contribution in [1.29, 1.82) is 0 Å². The van der Waals surface area contributed by atoms with Gasteiger partial charge in [-0.1, -0.05) is 36.4 Å². The Labute approximate surface area is 94.1 Å². The fraction of sp³-hybridized carbons (Fsp3) is 0. The second kappa shape index (κ2) is 4.08. The number of benzene rings is 2. The topological polar surface area (TPSA) is 54.4 Å². The summed E-state index contributed by atoms with van der Waals surface area (Å²) in [6.45, 7) is 0. The highest BCUT2D eigenvalue weighted by Crippen LogP contribution is 2.21. The molecule has 2 aromatic carbocycles. The molecule has 1 N–H and O–H groups in total. The molecule has 0 atom stereocenters. The van der Waals surface area contributed by atoms with Gasteiger partial charge >= 0.3 is 0 Å². The summed E-state index contributed by atoms with van der Waals surface area (Å²) in [5.41, 5.74) is 1.57. The molecule has 0 saturated carbocycles. The van der Waals surface area contributed by atoms with E-state index in [0.29, 0.717) is 5.56 Å². The highest BCUT2D eigenvalue weighted by Gasteiger charge is 2.10. The molecule has 0 spiro atoms. The van der Waals surface area contributed by atoms with Crippen molar-refractivity contribution in [3.63, 3.8) is 0 Å². The first-order chi connectivity index (χ1) is 7.57. The van der Waals surface area contributed by atoms with Crippen LogP contribution in [0.5, 0.6) is 0 Å². The lowest BCUT2D eigenvalue weighted by Gasteiger charge is -2.02. The Morgan fingerprint density at radius 3 is 2.25 bits per heavy atom. The van der Waals surface area contributed by atoms with Gasteiger partial charge in [0.05, 0.1) is 0 Å². The Morgan fingerprint density at radius 2 is 1.62 bits per heavy atom. The highest BCUT2D eigenvalue weighted by atomic mass is 32.2. The van der Waals surface area contributed by atoms with Crippen LogP contribution in [0.2, 0.25) is 0 Å². The molecule has 0 aliphatic heterocycles. The van der Waals surface area contributed by atoms with Crippen LogP contribution in [0.15, 0.2) is 47.4 Å². The number of hydrogen-bond donors (Lipinski definition) is 1. The predicted octanol–water partition coefficient (Wildman–Crippen LogP) is 2.20. The fourth-order valence-corrected chi connectivity index (χ4v) is 1.85. The smallest absolute Gasteiger partial charge is 0.282 e. The van der Waals surface area contributed by atoms with Gasteiger partial charge in [-0.2, -0.15) is 8.42 Å². The van der Waals surface area contributed by atoms with Gasteiger partial charge in [0.1, 0.15) is 4.90 Å². The van der Waals surface area contributed by atoms with Crippen LogP contribution < -0.4 is 0 Å². The lowest BCUT2D eigenvalue weighted by atomic mass is 10.1. The number of rotatable bonds is 2. The van der Waals surface area contributed by atoms with Crippen molar-refractivity contribution < 1.29 is 13.0 Å². The monoisotopic (exact) mass is 232 g/mol. The van der Waals surface area contributed by atoms with Gasteiger partial charge in [-0.25, -0.2) is 0 Å². The zero-order valence-corrected chi connectivity index (χ0v) is 9.03. The molecular weight excluding hydrogens is 224 g/mol. The molecule has 2 radical (unpaired) electrons. The van der Waals surface area contributed by atoms with Crippen molar-refractivity contribution in [2.24, 2.45) is 0 Å². The van der Waals surface area contributed by atoms with Crippen molar-refractivity contribution >= 4 is 10.1 Å². The van der Waals surface area contributed by atoms with Gasteiger partial charge in [0, 0.05) is 6.07 Å². The molecule has 80 valence electrons. The maximum Gasteiger partial charge on any atom is 0.295 e. The minimum absolute atomic E-state index is 0.224. The van der Waals surface area contributed by atoms with Crippen molar-refractivity contribution in [2.75, 3.05) is 0 Å². The van der Waals surface area contributed by atoms with E-state index in [2.05, 4.69) is 12.1 Å². The van der Waals surface area contributed by atoms with E-state index in [4.69, 9.17) is 4.55 Å². The largest absolute Gasteiger partial charge is 0.295 e. The standard InChI is InChI=1S/C12H8O3S/c13-16(14,15)12-8-4-7-11(9-12)10-5-2-1-3-6-10/h2-7,9H,(H,13,14,15). The SMILES string of the molecule is O=S(=O)(O)c1[c]ccc(-c2cc[c]cc2)c1. The van der Waals surface area contributed by atoms with Gasteiger partial charge in [0.25, 0.3) is 10.1 Å². The van der Waals surface area contributed by atoms with E-state index in [0.717, 1.165) is 5.56 Å². The molecule has 0 fully saturated rings. The maximum atomic E-state index is 10.9. The van der Waals surface area contributed by atoms with Crippen molar-refractivity contribution in [1.82, 2.24) is 0 Å². The van der Waals surface area contributed by atoms with Crippen molar-refractivity contribution in [3.05, 3.63) is 54.6 Å². The van der Waals surface area contributed by atoms with E-state index < -0.39 is 10.1 Å². The minimum atomic E-state index is -4.20. The third-order valence-corrected chi connectivity index (χ3v) is 2.90. The molecule has 0 unspecified atom stereocenters. The van der Waals surface area contributed by atoms with Gasteiger partial charge in [0.2, 0.25) is 0 Å². The molecule has 0 heterocycles. The zero-order chi connectivity index (χ0) is 11.6. The van der Waals surface area contributed by atoms with Crippen LogP contribution in [0.25, 0.3) is 11.1 Å². The van der Waals surface area contributed by atoms with Crippen LogP contribution in [-0.4, -0.2) is 13.0 Å². The molecule has 2 rings (SSSR count). The Balaban J connectivity index is 2.53. The summed E-state index contributed by atoms with van der Waals surface area (Å²) in [5, 5.41) is 0. The van der Waals surface area contributed by atoms with Gasteiger partial charge in [-0.3, -0.25) is 4.55 Å². The zero-order valence-electron chi connectivity index (χ0n) is 8.21. The van der Waals surface area contributed by atoms with Crippen LogP contribution in [-0.2, 0) is 10.1 Å². The molecule has 0 amide bonds. The summed E-state index contributed by atoms with van der Waals surface area (Å²) in [6, 6.07) is 17.0. The van der Waals surface area contributed by atoms with Crippen LogP contribution in [0.3, 0.4) is 0 Å². The Hall–Kier alpha value is -1.65. The van der Waals surface area contributed by atoms with Crippen LogP contribution in [0, 0.1) is 12.1 Å². The summed E-state index contributed by atoms with van der Waals surface area (Å²) in [5.74, 6) is 0. The molecule has 0 bridgehead atoms. The Bertz CT molecular complexity index is 589. The van der Waals surface area contributed by atoms with E-state index in [1.165, 1.54) is 12.1 Å². The third-order valence-electron chi connectivity index (χ3n) is 2.10. The lowest BCUT2D eigenvalue weighted by molar-refractivity contribution is 0.483. The summed E-state index contributed by atoms with van der Waals surface area (Å²) >= 11 is 0. The van der Waals surface area contributed by atoms with Gasteiger partial charge < -0.3 is 0 Å². The molecule has 4 heteroatoms. The van der Waals surface area contributed by atoms with E-state index in [1.54, 1.807) is 18.2 Å². The van der Waals surface area contributed by atoms with Crippen molar-refractivity contribution in [2.45, 2.75) is 4.90 Å². The molecule has 16 heavy (non-hydrogen) atoms. The fourth-order valence-electron chi connectivity index (χ4n) is 1.35. The lowest BCUT2D eigenvalue weighted by Crippen LogP contribution is -1.98. The van der Waals surface area contributed by atoms with Crippen LogP contribution in [0.1, 0.15) is 0 Å². The molecule has 3 nitrogen and oxygen atoms in total. The summed E-state index contributed by atoms with van der Waals surface area (Å²) in [4.78, 5) is -0.224. The van der Waals surface area contributed by atoms with E-state index in [1.807, 2.05) is 12.1 Å². The van der Waals surface area contributed by atoms with Crippen LogP contribution >= 0.6 is 0 Å². The Morgan fingerprint density at radius 1 is 1.00 bits per heavy atom. The first-order valence-electron chi connectivity index (χ1n) is 4.53. The number of hydrogen-bond acceptors (Lipinski definition) is 2. The molecule has 2 aromatic rings. The summed E-state index contributed by atoms with van der Waals surface area (Å²) in [6.07, 6.45) is 0. The third kappa shape index (κ3) is 2.29. The van der Waals surface area contributed by atoms with Crippen molar-refractivity contribution in [3.8, 4) is 11.1 Å². The first-order valence-corrected chi connectivity index (χ1v) is 5.97. The first kappa shape index (κ1) is 10.9. The minimum Gasteiger partial charge on any atom is -0.282 e. The van der Waals surface area contributed by atoms with E-state index >= 15 is 0 Å². The van der Waals surface area contributed by atoms with E-state index in [9.17, 15) is 8.42 Å². The average molecular weight is 232 g/mol. The van der Waals surface area contributed by atoms with Gasteiger partial charge in [0.15, 0.2) is 0 Å². The highest BCUT2D eigenvalue weighted by molar-refractivity contribution is 7.85. The maximum absolute atomic E-state index is 10.9. The second-order valence-corrected chi connectivity index (χ2v) is 4.60. The molecule has 0 aliphatic rings. The predicted molar refractivity (Wildman–Crippen MR) is 59.4 cm³/mol. The summed E-state index contributed by atoms with van der Waals surface area (Å²) in [7, 11) is -4.20. The normalized spacial score (nSPS) is 11.3. The molecular formula is C12H8O3S.